The van der Waals surface area contributed by atoms with Gasteiger partial charge in [-0.2, -0.15) is 5.10 Å². The van der Waals surface area contributed by atoms with Crippen molar-refractivity contribution in [1.82, 2.24) is 15.2 Å². The van der Waals surface area contributed by atoms with E-state index >= 15 is 0 Å². The number of pyridine rings is 1. The molecule has 13 heavy (non-hydrogen) atoms. The molecule has 0 fully saturated rings. The minimum absolute atomic E-state index is 0.727. The predicted octanol–water partition coefficient (Wildman–Crippen LogP) is 1.19. The Bertz CT molecular complexity index is 428. The molecule has 0 atom stereocenters. The van der Waals surface area contributed by atoms with Crippen LogP contribution in [0.4, 0.5) is 0 Å². The highest BCUT2D eigenvalue weighted by atomic mass is 16.3. The van der Waals surface area contributed by atoms with E-state index in [2.05, 4.69) is 15.2 Å². The van der Waals surface area contributed by atoms with Crippen molar-refractivity contribution in [2.45, 2.75) is 19.4 Å². The number of rotatable bonds is 1. The van der Waals surface area contributed by atoms with Crippen molar-refractivity contribution in [2.75, 3.05) is 0 Å². The second-order valence-corrected chi connectivity index (χ2v) is 3.55. The van der Waals surface area contributed by atoms with Crippen LogP contribution in [0.25, 0.3) is 10.9 Å². The van der Waals surface area contributed by atoms with Gasteiger partial charge in [0.05, 0.1) is 11.9 Å². The smallest absolute Gasteiger partial charge is 0.111 e. The lowest BCUT2D eigenvalue weighted by atomic mass is 10.0. The zero-order valence-corrected chi connectivity index (χ0v) is 7.57. The van der Waals surface area contributed by atoms with Crippen molar-refractivity contribution in [2.24, 2.45) is 0 Å². The van der Waals surface area contributed by atoms with Gasteiger partial charge >= 0.3 is 0 Å². The molecular weight excluding hydrogens is 166 g/mol. The van der Waals surface area contributed by atoms with Gasteiger partial charge in [0.15, 0.2) is 0 Å². The summed E-state index contributed by atoms with van der Waals surface area (Å²) in [4.78, 5) is 3.94. The molecule has 0 amide bonds. The van der Waals surface area contributed by atoms with Crippen molar-refractivity contribution in [3.8, 4) is 0 Å². The number of nitrogens with one attached hydrogen (secondary N) is 1. The summed E-state index contributed by atoms with van der Waals surface area (Å²) in [6.07, 6.45) is 3.36. The number of aromatic amines is 1. The lowest BCUT2D eigenvalue weighted by molar-refractivity contribution is 0.0753. The standard InChI is InChI=1S/C9H11N3O/c1-9(2,13)8-6-3-4-10-5-7(6)11-12-8/h3-5,13H,1-2H3,(H,11,12). The number of aromatic nitrogens is 3. The van der Waals surface area contributed by atoms with Crippen LogP contribution < -0.4 is 0 Å². The highest BCUT2D eigenvalue weighted by Crippen LogP contribution is 2.24. The van der Waals surface area contributed by atoms with Gasteiger partial charge in [-0.25, -0.2) is 0 Å². The Morgan fingerprint density at radius 3 is 2.92 bits per heavy atom. The molecule has 0 spiro atoms. The van der Waals surface area contributed by atoms with Gasteiger partial charge in [-0.15, -0.1) is 0 Å². The van der Waals surface area contributed by atoms with Crippen LogP contribution in [0.5, 0.6) is 0 Å². The van der Waals surface area contributed by atoms with E-state index in [1.54, 1.807) is 26.2 Å². The molecule has 2 N–H and O–H groups in total. The molecule has 2 aromatic heterocycles. The van der Waals surface area contributed by atoms with E-state index in [1.165, 1.54) is 0 Å². The molecule has 4 nitrogen and oxygen atoms in total. The average Bonchev–Trinajstić information content (AvgIpc) is 2.45. The largest absolute Gasteiger partial charge is 0.384 e. The monoisotopic (exact) mass is 177 g/mol. The molecular formula is C9H11N3O. The summed E-state index contributed by atoms with van der Waals surface area (Å²) in [6, 6.07) is 1.84. The van der Waals surface area contributed by atoms with Crippen molar-refractivity contribution in [3.05, 3.63) is 24.2 Å². The van der Waals surface area contributed by atoms with E-state index in [1.807, 2.05) is 6.07 Å². The molecule has 0 unspecified atom stereocenters. The molecule has 0 aromatic carbocycles. The van der Waals surface area contributed by atoms with Gasteiger partial charge in [0.1, 0.15) is 11.1 Å². The van der Waals surface area contributed by atoms with Gasteiger partial charge in [-0.05, 0) is 19.9 Å². The van der Waals surface area contributed by atoms with E-state index < -0.39 is 5.60 Å². The molecule has 68 valence electrons. The fraction of sp³-hybridized carbons (Fsp3) is 0.333. The SMILES string of the molecule is CC(C)(O)c1[nH]nc2cnccc12. The number of fused-ring (bicyclic) bond motifs is 1. The summed E-state index contributed by atoms with van der Waals surface area (Å²) in [5.41, 5.74) is 0.611. The first-order valence-electron chi connectivity index (χ1n) is 4.10. The van der Waals surface area contributed by atoms with Gasteiger partial charge in [-0.1, -0.05) is 0 Å². The second-order valence-electron chi connectivity index (χ2n) is 3.55. The molecule has 4 heteroatoms. The highest BCUT2D eigenvalue weighted by Gasteiger charge is 2.21. The Morgan fingerprint density at radius 2 is 2.23 bits per heavy atom. The Balaban J connectivity index is 2.72. The van der Waals surface area contributed by atoms with Crippen LogP contribution in [-0.4, -0.2) is 20.3 Å². The second kappa shape index (κ2) is 2.53. The molecule has 0 radical (unpaired) electrons. The summed E-state index contributed by atoms with van der Waals surface area (Å²) < 4.78 is 0. The van der Waals surface area contributed by atoms with Crippen LogP contribution in [0.2, 0.25) is 0 Å². The minimum atomic E-state index is -0.893. The molecule has 0 bridgehead atoms. The van der Waals surface area contributed by atoms with Crippen molar-refractivity contribution in [3.63, 3.8) is 0 Å². The highest BCUT2D eigenvalue weighted by molar-refractivity contribution is 5.80. The third-order valence-corrected chi connectivity index (χ3v) is 1.97. The normalized spacial score (nSPS) is 12.2. The van der Waals surface area contributed by atoms with E-state index in [4.69, 9.17) is 0 Å². The van der Waals surface area contributed by atoms with Crippen LogP contribution >= 0.6 is 0 Å². The summed E-state index contributed by atoms with van der Waals surface area (Å²) >= 11 is 0. The Hall–Kier alpha value is -1.42. The first kappa shape index (κ1) is 8.19. The lowest BCUT2D eigenvalue weighted by Crippen LogP contribution is -2.16. The van der Waals surface area contributed by atoms with Crippen LogP contribution in [0.15, 0.2) is 18.5 Å². The van der Waals surface area contributed by atoms with Gasteiger partial charge in [-0.3, -0.25) is 10.1 Å². The quantitative estimate of drug-likeness (QED) is 0.687. The molecule has 2 aromatic rings. The third-order valence-electron chi connectivity index (χ3n) is 1.97. The Morgan fingerprint density at radius 1 is 1.46 bits per heavy atom. The first-order valence-corrected chi connectivity index (χ1v) is 4.10. The van der Waals surface area contributed by atoms with Gasteiger partial charge < -0.3 is 5.11 Å². The number of aliphatic hydroxyl groups is 1. The van der Waals surface area contributed by atoms with Crippen LogP contribution in [-0.2, 0) is 5.60 Å². The average molecular weight is 177 g/mol. The molecule has 0 aliphatic heterocycles. The maximum Gasteiger partial charge on any atom is 0.111 e. The van der Waals surface area contributed by atoms with Crippen LogP contribution in [0.1, 0.15) is 19.5 Å². The molecule has 0 saturated carbocycles. The number of hydrogen-bond donors (Lipinski definition) is 2. The zero-order valence-electron chi connectivity index (χ0n) is 7.57. The predicted molar refractivity (Wildman–Crippen MR) is 49.1 cm³/mol. The molecule has 2 heterocycles. The van der Waals surface area contributed by atoms with Gasteiger partial charge in [0, 0.05) is 11.6 Å². The van der Waals surface area contributed by atoms with Crippen LogP contribution in [0.3, 0.4) is 0 Å². The molecule has 0 saturated heterocycles. The Kier molecular flexibility index (Phi) is 1.60. The first-order chi connectivity index (χ1) is 6.09. The molecule has 0 aliphatic carbocycles. The van der Waals surface area contributed by atoms with Gasteiger partial charge in [0.25, 0.3) is 0 Å². The number of nitrogens with zero attached hydrogens (tertiary/aromatic N) is 2. The third kappa shape index (κ3) is 1.29. The van der Waals surface area contributed by atoms with E-state index in [0.717, 1.165) is 16.6 Å². The summed E-state index contributed by atoms with van der Waals surface area (Å²) in [5.74, 6) is 0. The topological polar surface area (TPSA) is 61.8 Å². The van der Waals surface area contributed by atoms with E-state index in [0.29, 0.717) is 0 Å². The maximum atomic E-state index is 9.78. The lowest BCUT2D eigenvalue weighted by Gasteiger charge is -2.14. The summed E-state index contributed by atoms with van der Waals surface area (Å²) in [7, 11) is 0. The number of hydrogen-bond acceptors (Lipinski definition) is 3. The zero-order chi connectivity index (χ0) is 9.47. The summed E-state index contributed by atoms with van der Waals surface area (Å²) in [5, 5.41) is 17.6. The molecule has 0 aliphatic rings. The maximum absolute atomic E-state index is 9.78. The van der Waals surface area contributed by atoms with Crippen LogP contribution in [0, 0.1) is 0 Å². The fourth-order valence-corrected chi connectivity index (χ4v) is 1.33. The number of H-pyrrole nitrogens is 1. The molecule has 2 rings (SSSR count). The minimum Gasteiger partial charge on any atom is -0.384 e. The van der Waals surface area contributed by atoms with Crippen molar-refractivity contribution in [1.29, 1.82) is 0 Å². The Labute approximate surface area is 75.6 Å². The fourth-order valence-electron chi connectivity index (χ4n) is 1.33. The van der Waals surface area contributed by atoms with Crippen molar-refractivity contribution < 1.29 is 5.11 Å². The van der Waals surface area contributed by atoms with E-state index in [-0.39, 0.29) is 0 Å². The van der Waals surface area contributed by atoms with E-state index in [9.17, 15) is 5.11 Å². The summed E-state index contributed by atoms with van der Waals surface area (Å²) in [6.45, 7) is 3.45. The van der Waals surface area contributed by atoms with Crippen molar-refractivity contribution >= 4 is 10.9 Å². The van der Waals surface area contributed by atoms with Gasteiger partial charge in [0.2, 0.25) is 0 Å².